The van der Waals surface area contributed by atoms with E-state index >= 15 is 0 Å². The number of hydrazine groups is 1. The Morgan fingerprint density at radius 1 is 1.57 bits per heavy atom. The van der Waals surface area contributed by atoms with Gasteiger partial charge in [-0.05, 0) is 24.3 Å². The van der Waals surface area contributed by atoms with E-state index in [1.807, 2.05) is 18.2 Å². The summed E-state index contributed by atoms with van der Waals surface area (Å²) in [4.78, 5) is 14.9. The second kappa shape index (κ2) is 6.39. The third kappa shape index (κ3) is 4.25. The number of amides is 1. The van der Waals surface area contributed by atoms with Crippen molar-refractivity contribution in [3.8, 4) is 0 Å². The number of nitrogens with one attached hydrogen (secondary N) is 1. The molecule has 0 aromatic carbocycles. The summed E-state index contributed by atoms with van der Waals surface area (Å²) in [7, 11) is 0. The predicted octanol–water partition coefficient (Wildman–Crippen LogP) is 0.944. The van der Waals surface area contributed by atoms with Crippen molar-refractivity contribution in [2.24, 2.45) is 5.84 Å². The lowest BCUT2D eigenvalue weighted by Crippen LogP contribution is -2.29. The minimum absolute atomic E-state index is 0.119. The number of thioether (sulfide) groups is 1. The number of carbonyl (C=O) groups excluding carboxylic acids is 1. The fraction of sp³-hybridized carbons (Fsp3) is 0.333. The Balaban J connectivity index is 2.13. The van der Waals surface area contributed by atoms with Gasteiger partial charge >= 0.3 is 0 Å². The standard InChI is InChI=1S/C9H13N3OS/c10-12-8(13)4-3-7-14-9-5-1-2-6-11-9/h1-2,5-6H,3-4,7,10H2,(H,12,13). The molecule has 1 rings (SSSR count). The maximum atomic E-state index is 10.8. The van der Waals surface area contributed by atoms with Gasteiger partial charge in [-0.1, -0.05) is 6.07 Å². The van der Waals surface area contributed by atoms with Crippen LogP contribution < -0.4 is 11.3 Å². The molecule has 1 aromatic heterocycles. The van der Waals surface area contributed by atoms with Crippen molar-refractivity contribution in [1.29, 1.82) is 0 Å². The summed E-state index contributed by atoms with van der Waals surface area (Å²) < 4.78 is 0. The molecule has 1 aromatic rings. The zero-order valence-electron chi connectivity index (χ0n) is 7.77. The van der Waals surface area contributed by atoms with Gasteiger partial charge in [-0.3, -0.25) is 10.2 Å². The molecule has 0 atom stereocenters. The molecule has 76 valence electrons. The normalized spacial score (nSPS) is 9.79. The Morgan fingerprint density at radius 3 is 3.07 bits per heavy atom. The van der Waals surface area contributed by atoms with Gasteiger partial charge in [0.15, 0.2) is 0 Å². The average molecular weight is 211 g/mol. The van der Waals surface area contributed by atoms with Gasteiger partial charge in [-0.25, -0.2) is 10.8 Å². The van der Waals surface area contributed by atoms with Crippen LogP contribution in [0, 0.1) is 0 Å². The van der Waals surface area contributed by atoms with E-state index in [1.165, 1.54) is 0 Å². The van der Waals surface area contributed by atoms with Gasteiger partial charge in [0.1, 0.15) is 0 Å². The second-order valence-electron chi connectivity index (χ2n) is 2.69. The first-order valence-electron chi connectivity index (χ1n) is 4.36. The summed E-state index contributed by atoms with van der Waals surface area (Å²) >= 11 is 1.64. The summed E-state index contributed by atoms with van der Waals surface area (Å²) in [5.74, 6) is 5.71. The lowest BCUT2D eigenvalue weighted by molar-refractivity contribution is -0.121. The molecule has 0 aliphatic heterocycles. The van der Waals surface area contributed by atoms with Crippen LogP contribution >= 0.6 is 11.8 Å². The van der Waals surface area contributed by atoms with Gasteiger partial charge in [-0.15, -0.1) is 11.8 Å². The molecule has 0 aliphatic rings. The van der Waals surface area contributed by atoms with E-state index in [4.69, 9.17) is 5.84 Å². The Bertz CT molecular complexity index is 279. The molecular weight excluding hydrogens is 198 g/mol. The van der Waals surface area contributed by atoms with Crippen LogP contribution in [-0.2, 0) is 4.79 Å². The van der Waals surface area contributed by atoms with Crippen molar-refractivity contribution in [2.75, 3.05) is 5.75 Å². The molecule has 0 spiro atoms. The second-order valence-corrected chi connectivity index (χ2v) is 3.80. The summed E-state index contributed by atoms with van der Waals surface area (Å²) in [5, 5.41) is 0.987. The van der Waals surface area contributed by atoms with E-state index in [1.54, 1.807) is 18.0 Å². The largest absolute Gasteiger partial charge is 0.294 e. The number of nitrogens with two attached hydrogens (primary N) is 1. The summed E-state index contributed by atoms with van der Waals surface area (Å²) in [5.41, 5.74) is 2.10. The Labute approximate surface area is 87.3 Å². The van der Waals surface area contributed by atoms with Crippen molar-refractivity contribution in [1.82, 2.24) is 10.4 Å². The number of aromatic nitrogens is 1. The fourth-order valence-electron chi connectivity index (χ4n) is 0.914. The van der Waals surface area contributed by atoms with Crippen LogP contribution in [0.1, 0.15) is 12.8 Å². The lowest BCUT2D eigenvalue weighted by atomic mass is 10.3. The summed E-state index contributed by atoms with van der Waals surface area (Å²) in [6.07, 6.45) is 3.04. The Hall–Kier alpha value is -1.07. The fourth-order valence-corrected chi connectivity index (χ4v) is 1.72. The minimum atomic E-state index is -0.119. The number of hydrogen-bond donors (Lipinski definition) is 2. The van der Waals surface area contributed by atoms with Gasteiger partial charge in [0.2, 0.25) is 5.91 Å². The van der Waals surface area contributed by atoms with Crippen molar-refractivity contribution in [3.63, 3.8) is 0 Å². The molecule has 0 fully saturated rings. The van der Waals surface area contributed by atoms with Crippen LogP contribution in [0.3, 0.4) is 0 Å². The van der Waals surface area contributed by atoms with E-state index < -0.39 is 0 Å². The monoisotopic (exact) mass is 211 g/mol. The van der Waals surface area contributed by atoms with Crippen LogP contribution in [0.2, 0.25) is 0 Å². The average Bonchev–Trinajstić information content (AvgIpc) is 2.25. The molecule has 0 saturated heterocycles. The highest BCUT2D eigenvalue weighted by molar-refractivity contribution is 7.99. The summed E-state index contributed by atoms with van der Waals surface area (Å²) in [6, 6.07) is 5.78. The minimum Gasteiger partial charge on any atom is -0.294 e. The maximum absolute atomic E-state index is 10.8. The third-order valence-electron chi connectivity index (χ3n) is 1.60. The molecule has 14 heavy (non-hydrogen) atoms. The highest BCUT2D eigenvalue weighted by atomic mass is 32.2. The van der Waals surface area contributed by atoms with Crippen molar-refractivity contribution < 1.29 is 4.79 Å². The number of hydrogen-bond acceptors (Lipinski definition) is 4. The third-order valence-corrected chi connectivity index (χ3v) is 2.63. The molecule has 0 saturated carbocycles. The van der Waals surface area contributed by atoms with E-state index in [0.29, 0.717) is 6.42 Å². The van der Waals surface area contributed by atoms with Gasteiger partial charge in [0.05, 0.1) is 5.03 Å². The van der Waals surface area contributed by atoms with Crippen LogP contribution in [0.25, 0.3) is 0 Å². The number of rotatable bonds is 5. The SMILES string of the molecule is NNC(=O)CCCSc1ccccn1. The van der Waals surface area contributed by atoms with Crippen molar-refractivity contribution in [3.05, 3.63) is 24.4 Å². The van der Waals surface area contributed by atoms with Crippen molar-refractivity contribution in [2.45, 2.75) is 17.9 Å². The first kappa shape index (κ1) is 11.0. The maximum Gasteiger partial charge on any atom is 0.233 e. The molecule has 1 heterocycles. The molecule has 3 N–H and O–H groups in total. The highest BCUT2D eigenvalue weighted by Gasteiger charge is 1.98. The molecule has 1 amide bonds. The van der Waals surface area contributed by atoms with Gasteiger partial charge in [-0.2, -0.15) is 0 Å². The van der Waals surface area contributed by atoms with Crippen LogP contribution in [0.5, 0.6) is 0 Å². The van der Waals surface area contributed by atoms with Crippen LogP contribution in [0.4, 0.5) is 0 Å². The number of carbonyl (C=O) groups is 1. The smallest absolute Gasteiger partial charge is 0.233 e. The van der Waals surface area contributed by atoms with Gasteiger partial charge in [0.25, 0.3) is 0 Å². The van der Waals surface area contributed by atoms with E-state index in [2.05, 4.69) is 10.4 Å². The molecule has 0 aliphatic carbocycles. The Morgan fingerprint density at radius 2 is 2.43 bits per heavy atom. The molecule has 0 bridgehead atoms. The first-order valence-corrected chi connectivity index (χ1v) is 5.35. The number of nitrogens with zero attached hydrogens (tertiary/aromatic N) is 1. The van der Waals surface area contributed by atoms with Crippen LogP contribution in [0.15, 0.2) is 29.4 Å². The topological polar surface area (TPSA) is 68.0 Å². The van der Waals surface area contributed by atoms with Gasteiger partial charge in [0, 0.05) is 12.6 Å². The van der Waals surface area contributed by atoms with E-state index in [0.717, 1.165) is 17.2 Å². The molecule has 5 heteroatoms. The van der Waals surface area contributed by atoms with Crippen LogP contribution in [-0.4, -0.2) is 16.6 Å². The highest BCUT2D eigenvalue weighted by Crippen LogP contribution is 2.15. The first-order chi connectivity index (χ1) is 6.83. The predicted molar refractivity (Wildman–Crippen MR) is 56.5 cm³/mol. The molecule has 0 unspecified atom stereocenters. The van der Waals surface area contributed by atoms with Gasteiger partial charge < -0.3 is 0 Å². The quantitative estimate of drug-likeness (QED) is 0.250. The number of pyridine rings is 1. The summed E-state index contributed by atoms with van der Waals surface area (Å²) in [6.45, 7) is 0. The molecule has 0 radical (unpaired) electrons. The Kier molecular flexibility index (Phi) is 5.03. The van der Waals surface area contributed by atoms with E-state index in [9.17, 15) is 4.79 Å². The van der Waals surface area contributed by atoms with E-state index in [-0.39, 0.29) is 5.91 Å². The zero-order valence-corrected chi connectivity index (χ0v) is 8.59. The molecule has 4 nitrogen and oxygen atoms in total. The zero-order chi connectivity index (χ0) is 10.2. The lowest BCUT2D eigenvalue weighted by Gasteiger charge is -1.99. The van der Waals surface area contributed by atoms with Crippen molar-refractivity contribution >= 4 is 17.7 Å². The molecular formula is C9H13N3OS.